The summed E-state index contributed by atoms with van der Waals surface area (Å²) in [4.78, 5) is 31.0. The van der Waals surface area contributed by atoms with E-state index in [-0.39, 0.29) is 5.56 Å². The molecule has 0 bridgehead atoms. The minimum atomic E-state index is -0.0284. The number of piperazine rings is 1. The summed E-state index contributed by atoms with van der Waals surface area (Å²) in [6.07, 6.45) is 8.24. The van der Waals surface area contributed by atoms with Gasteiger partial charge >= 0.3 is 0 Å². The predicted molar refractivity (Wildman–Crippen MR) is 135 cm³/mol. The van der Waals surface area contributed by atoms with Gasteiger partial charge in [0.25, 0.3) is 5.56 Å². The first kappa shape index (κ1) is 22.3. The van der Waals surface area contributed by atoms with Crippen LogP contribution in [0.15, 0.2) is 47.5 Å². The first-order valence-corrected chi connectivity index (χ1v) is 12.1. The Morgan fingerprint density at radius 3 is 2.59 bits per heavy atom. The van der Waals surface area contributed by atoms with Crippen molar-refractivity contribution >= 4 is 29.1 Å². The van der Waals surface area contributed by atoms with E-state index in [9.17, 15) is 4.79 Å². The molecule has 0 amide bonds. The van der Waals surface area contributed by atoms with E-state index in [1.807, 2.05) is 44.6 Å². The summed E-state index contributed by atoms with van der Waals surface area (Å²) < 4.78 is 1.70. The topological polar surface area (TPSA) is 91.2 Å². The molecule has 34 heavy (non-hydrogen) atoms. The normalized spacial score (nSPS) is 16.6. The minimum Gasteiger partial charge on any atom is -0.368 e. The minimum absolute atomic E-state index is 0.0284. The summed E-state index contributed by atoms with van der Waals surface area (Å²) in [7, 11) is 1.82. The molecule has 1 aliphatic heterocycles. The molecule has 0 radical (unpaired) electrons. The van der Waals surface area contributed by atoms with E-state index in [0.717, 1.165) is 61.9 Å². The van der Waals surface area contributed by atoms with Crippen LogP contribution in [0, 0.1) is 6.92 Å². The van der Waals surface area contributed by atoms with E-state index in [4.69, 9.17) is 4.98 Å². The molecule has 9 heteroatoms. The first-order valence-electron chi connectivity index (χ1n) is 12.1. The fourth-order valence-corrected chi connectivity index (χ4v) is 4.85. The van der Waals surface area contributed by atoms with E-state index in [1.54, 1.807) is 10.6 Å². The van der Waals surface area contributed by atoms with Crippen molar-refractivity contribution < 1.29 is 0 Å². The molecule has 2 fully saturated rings. The maximum atomic E-state index is 12.4. The van der Waals surface area contributed by atoms with E-state index < -0.39 is 0 Å². The Morgan fingerprint density at radius 2 is 1.85 bits per heavy atom. The number of anilines is 5. The van der Waals surface area contributed by atoms with Crippen LogP contribution in [0.25, 0.3) is 0 Å². The Hall–Kier alpha value is -3.46. The van der Waals surface area contributed by atoms with Crippen molar-refractivity contribution in [2.24, 2.45) is 7.05 Å². The lowest BCUT2D eigenvalue weighted by molar-refractivity contribution is 0.589. The molecule has 9 nitrogen and oxygen atoms in total. The number of rotatable bonds is 6. The number of nitrogens with one attached hydrogen (secondary N) is 2. The van der Waals surface area contributed by atoms with Crippen molar-refractivity contribution in [2.45, 2.75) is 38.6 Å². The molecular weight excluding hydrogens is 428 g/mol. The summed E-state index contributed by atoms with van der Waals surface area (Å²) in [5.74, 6) is 2.87. The van der Waals surface area contributed by atoms with Gasteiger partial charge in [0.2, 0.25) is 5.95 Å². The van der Waals surface area contributed by atoms with Crippen LogP contribution in [0.4, 0.5) is 29.1 Å². The molecule has 3 aromatic rings. The van der Waals surface area contributed by atoms with Gasteiger partial charge in [-0.15, -0.1) is 0 Å². The summed E-state index contributed by atoms with van der Waals surface area (Å²) in [6, 6.07) is 9.75. The maximum absolute atomic E-state index is 12.4. The molecule has 178 valence electrons. The van der Waals surface area contributed by atoms with Crippen molar-refractivity contribution in [1.82, 2.24) is 24.8 Å². The van der Waals surface area contributed by atoms with Crippen LogP contribution in [-0.4, -0.2) is 51.7 Å². The van der Waals surface area contributed by atoms with Crippen molar-refractivity contribution in [3.63, 3.8) is 0 Å². The molecule has 3 aromatic heterocycles. The molecule has 2 N–H and O–H groups in total. The molecule has 2 aliphatic rings. The van der Waals surface area contributed by atoms with Crippen LogP contribution in [0.1, 0.15) is 31.2 Å². The van der Waals surface area contributed by atoms with E-state index in [0.29, 0.717) is 17.8 Å². The first-order chi connectivity index (χ1) is 16.6. The molecule has 5 rings (SSSR count). The average Bonchev–Trinajstić information content (AvgIpc) is 3.39. The zero-order valence-corrected chi connectivity index (χ0v) is 19.9. The Morgan fingerprint density at radius 1 is 1.06 bits per heavy atom. The summed E-state index contributed by atoms with van der Waals surface area (Å²) in [5.41, 5.74) is 2.06. The van der Waals surface area contributed by atoms with Crippen LogP contribution in [-0.2, 0) is 7.05 Å². The third-order valence-corrected chi connectivity index (χ3v) is 6.74. The predicted octanol–water partition coefficient (Wildman–Crippen LogP) is 3.11. The summed E-state index contributed by atoms with van der Waals surface area (Å²) in [6.45, 7) is 5.97. The van der Waals surface area contributed by atoms with Gasteiger partial charge in [0, 0.05) is 57.1 Å². The number of nitrogens with zero attached hydrogens (tertiary/aromatic N) is 6. The van der Waals surface area contributed by atoms with Crippen molar-refractivity contribution in [1.29, 1.82) is 0 Å². The molecule has 0 spiro atoms. The average molecular weight is 461 g/mol. The number of hydrogen-bond donors (Lipinski definition) is 2. The van der Waals surface area contributed by atoms with E-state index >= 15 is 0 Å². The molecule has 1 saturated heterocycles. The lowest BCUT2D eigenvalue weighted by Gasteiger charge is -2.32. The van der Waals surface area contributed by atoms with Crippen molar-refractivity contribution in [3.05, 3.63) is 58.6 Å². The lowest BCUT2D eigenvalue weighted by atomic mass is 10.2. The highest BCUT2D eigenvalue weighted by molar-refractivity contribution is 5.63. The Balaban J connectivity index is 1.44. The standard InChI is InChI=1S/C25H32N8O/c1-18-16-28-25(29-21-11-10-20(17-27-21)32-14-12-26-13-15-32)30-24(18)33(19-6-3-4-7-19)22-8-5-9-23(34)31(22)2/h5,8-11,16-17,19,26H,3-4,6-7,12-15H2,1-2H3,(H,27,28,29,30). The van der Waals surface area contributed by atoms with Crippen molar-refractivity contribution in [3.8, 4) is 0 Å². The quantitative estimate of drug-likeness (QED) is 0.580. The smallest absolute Gasteiger partial charge is 0.251 e. The van der Waals surface area contributed by atoms with Crippen LogP contribution in [0.2, 0.25) is 0 Å². The van der Waals surface area contributed by atoms with Gasteiger partial charge in [0.15, 0.2) is 0 Å². The number of hydrogen-bond acceptors (Lipinski definition) is 8. The maximum Gasteiger partial charge on any atom is 0.251 e. The van der Waals surface area contributed by atoms with Crippen LogP contribution in [0.5, 0.6) is 0 Å². The molecule has 0 atom stereocenters. The Bertz CT molecular complexity index is 1180. The molecule has 0 aromatic carbocycles. The van der Waals surface area contributed by atoms with E-state index in [2.05, 4.69) is 36.5 Å². The highest BCUT2D eigenvalue weighted by atomic mass is 16.1. The largest absolute Gasteiger partial charge is 0.368 e. The highest BCUT2D eigenvalue weighted by Crippen LogP contribution is 2.35. The Kier molecular flexibility index (Phi) is 6.44. The van der Waals surface area contributed by atoms with Gasteiger partial charge < -0.3 is 20.4 Å². The van der Waals surface area contributed by atoms with Gasteiger partial charge in [-0.3, -0.25) is 9.36 Å². The molecule has 0 unspecified atom stereocenters. The zero-order valence-electron chi connectivity index (χ0n) is 19.9. The number of aromatic nitrogens is 4. The van der Waals surface area contributed by atoms with Gasteiger partial charge in [-0.05, 0) is 38.0 Å². The van der Waals surface area contributed by atoms with Gasteiger partial charge in [-0.25, -0.2) is 9.97 Å². The second-order valence-electron chi connectivity index (χ2n) is 9.05. The number of aryl methyl sites for hydroxylation is 1. The van der Waals surface area contributed by atoms with Gasteiger partial charge in [0.05, 0.1) is 11.9 Å². The SMILES string of the molecule is Cc1cnc(Nc2ccc(N3CCNCC3)cn2)nc1N(c1cccc(=O)n1C)C1CCCC1. The monoisotopic (exact) mass is 460 g/mol. The zero-order chi connectivity index (χ0) is 23.5. The van der Waals surface area contributed by atoms with Crippen LogP contribution < -0.4 is 26.0 Å². The third-order valence-electron chi connectivity index (χ3n) is 6.74. The fraction of sp³-hybridized carbons (Fsp3) is 0.440. The van der Waals surface area contributed by atoms with E-state index in [1.165, 1.54) is 12.8 Å². The van der Waals surface area contributed by atoms with Crippen molar-refractivity contribution in [2.75, 3.05) is 41.3 Å². The van der Waals surface area contributed by atoms with Gasteiger partial charge in [0.1, 0.15) is 17.5 Å². The molecule has 1 aliphatic carbocycles. The molecule has 1 saturated carbocycles. The fourth-order valence-electron chi connectivity index (χ4n) is 4.85. The summed E-state index contributed by atoms with van der Waals surface area (Å²) >= 11 is 0. The molecular formula is C25H32N8O. The lowest BCUT2D eigenvalue weighted by Crippen LogP contribution is -2.43. The number of pyridine rings is 2. The van der Waals surface area contributed by atoms with Crippen LogP contribution >= 0.6 is 0 Å². The third kappa shape index (κ3) is 4.61. The second-order valence-corrected chi connectivity index (χ2v) is 9.05. The summed E-state index contributed by atoms with van der Waals surface area (Å²) in [5, 5.41) is 6.64. The second kappa shape index (κ2) is 9.80. The molecule has 4 heterocycles. The Labute approximate surface area is 199 Å². The van der Waals surface area contributed by atoms with Gasteiger partial charge in [-0.1, -0.05) is 18.9 Å². The highest BCUT2D eigenvalue weighted by Gasteiger charge is 2.28. The van der Waals surface area contributed by atoms with Gasteiger partial charge in [-0.2, -0.15) is 4.98 Å². The van der Waals surface area contributed by atoms with Crippen LogP contribution in [0.3, 0.4) is 0 Å².